The summed E-state index contributed by atoms with van der Waals surface area (Å²) in [5.41, 5.74) is 4.64. The minimum Gasteiger partial charge on any atom is -0.315 e. The second-order valence-electron chi connectivity index (χ2n) is 10.1. The Kier molecular flexibility index (Phi) is 7.30. The molecule has 6 aromatic rings. The van der Waals surface area contributed by atoms with Crippen molar-refractivity contribution in [3.8, 4) is 28.3 Å². The molecule has 43 heavy (non-hydrogen) atoms. The van der Waals surface area contributed by atoms with Gasteiger partial charge >= 0.3 is 0 Å². The number of hydrogen-bond acceptors (Lipinski definition) is 8. The first-order chi connectivity index (χ1) is 20.8. The minimum atomic E-state index is -0.532. The van der Waals surface area contributed by atoms with Gasteiger partial charge in [-0.3, -0.25) is 19.1 Å². The average molecular weight is 579 g/mol. The van der Waals surface area contributed by atoms with Crippen LogP contribution in [0.2, 0.25) is 0 Å². The van der Waals surface area contributed by atoms with Gasteiger partial charge in [0.25, 0.3) is 5.56 Å². The highest BCUT2D eigenvalue weighted by molar-refractivity contribution is 5.93. The standard InChI is InChI=1S/C30H27FN10O2/c1-17-15-40(25-8-7-22(31)11-24(17)25)23-9-19(12-33-13-23)16-41-26(14-34-28(30(41)43)35-29(42)18(2)32-3)20-5-4-6-21(10-20)27-36-38-39-37-27/h4-15,18,32H,16H2,1-3H3,(H,34,35,42)(H,36,37,38,39)/t18-/m0/s1. The largest absolute Gasteiger partial charge is 0.315 e. The Hall–Kier alpha value is -5.56. The SMILES string of the molecule is CN[C@@H](C)C(=O)Nc1ncc(-c2cccc(-c3nn[nH]n3)c2)n(Cc2cncc(-n3cc(C)c4cc(F)ccc43)c2)c1=O. The molecule has 0 spiro atoms. The molecule has 6 rings (SSSR count). The molecule has 3 N–H and O–H groups in total. The molecule has 0 saturated carbocycles. The molecule has 4 aromatic heterocycles. The van der Waals surface area contributed by atoms with Crippen LogP contribution < -0.4 is 16.2 Å². The van der Waals surface area contributed by atoms with Gasteiger partial charge in [0.15, 0.2) is 5.82 Å². The Morgan fingerprint density at radius 2 is 1.93 bits per heavy atom. The zero-order valence-electron chi connectivity index (χ0n) is 23.5. The number of pyridine rings is 1. The molecule has 1 amide bonds. The van der Waals surface area contributed by atoms with Crippen LogP contribution >= 0.6 is 0 Å². The third kappa shape index (κ3) is 5.40. The number of fused-ring (bicyclic) bond motifs is 1. The van der Waals surface area contributed by atoms with E-state index in [-0.39, 0.29) is 24.1 Å². The highest BCUT2D eigenvalue weighted by Gasteiger charge is 2.18. The van der Waals surface area contributed by atoms with Crippen LogP contribution in [0, 0.1) is 12.7 Å². The molecule has 0 bridgehead atoms. The first-order valence-electron chi connectivity index (χ1n) is 13.5. The smallest absolute Gasteiger partial charge is 0.294 e. The van der Waals surface area contributed by atoms with E-state index in [2.05, 4.69) is 41.2 Å². The first-order valence-corrected chi connectivity index (χ1v) is 13.5. The summed E-state index contributed by atoms with van der Waals surface area (Å²) in [7, 11) is 1.65. The summed E-state index contributed by atoms with van der Waals surface area (Å²) in [5, 5.41) is 20.5. The predicted molar refractivity (Wildman–Crippen MR) is 159 cm³/mol. The molecule has 0 aliphatic rings. The van der Waals surface area contributed by atoms with Crippen molar-refractivity contribution in [2.45, 2.75) is 26.4 Å². The van der Waals surface area contributed by atoms with E-state index >= 15 is 0 Å². The molecule has 1 atom stereocenters. The van der Waals surface area contributed by atoms with Gasteiger partial charge in [0, 0.05) is 28.9 Å². The van der Waals surface area contributed by atoms with Crippen molar-refractivity contribution in [1.82, 2.24) is 45.0 Å². The van der Waals surface area contributed by atoms with Gasteiger partial charge in [0.05, 0.1) is 41.9 Å². The van der Waals surface area contributed by atoms with E-state index in [1.807, 2.05) is 48.0 Å². The number of likely N-dealkylation sites (N-methyl/N-ethyl adjacent to an activating group) is 1. The number of aromatic amines is 1. The molecule has 0 fully saturated rings. The number of amides is 1. The van der Waals surface area contributed by atoms with Crippen molar-refractivity contribution in [2.24, 2.45) is 0 Å². The number of nitrogens with zero attached hydrogens (tertiary/aromatic N) is 7. The second-order valence-corrected chi connectivity index (χ2v) is 10.1. The molecule has 2 aromatic carbocycles. The number of rotatable bonds is 8. The van der Waals surface area contributed by atoms with Gasteiger partial charge in [-0.05, 0) is 67.6 Å². The van der Waals surface area contributed by atoms with Gasteiger partial charge < -0.3 is 15.2 Å². The van der Waals surface area contributed by atoms with Gasteiger partial charge in [-0.25, -0.2) is 9.37 Å². The first kappa shape index (κ1) is 27.6. The van der Waals surface area contributed by atoms with E-state index in [9.17, 15) is 14.0 Å². The lowest BCUT2D eigenvalue weighted by molar-refractivity contribution is -0.117. The minimum absolute atomic E-state index is 0.0941. The molecular formula is C30H27FN10O2. The predicted octanol–water partition coefficient (Wildman–Crippen LogP) is 3.47. The summed E-state index contributed by atoms with van der Waals surface area (Å²) in [6.07, 6.45) is 6.86. The maximum atomic E-state index is 13.9. The molecule has 216 valence electrons. The summed E-state index contributed by atoms with van der Waals surface area (Å²) in [5.74, 6) is -0.385. The van der Waals surface area contributed by atoms with Crippen LogP contribution in [-0.2, 0) is 11.3 Å². The fourth-order valence-electron chi connectivity index (χ4n) is 4.87. The zero-order valence-corrected chi connectivity index (χ0v) is 23.5. The Morgan fingerprint density at radius 1 is 1.09 bits per heavy atom. The molecular weight excluding hydrogens is 551 g/mol. The summed E-state index contributed by atoms with van der Waals surface area (Å²) >= 11 is 0. The number of aryl methyl sites for hydroxylation is 1. The Labute approximate surface area is 244 Å². The lowest BCUT2D eigenvalue weighted by Crippen LogP contribution is -2.38. The van der Waals surface area contributed by atoms with Crippen LogP contribution in [0.5, 0.6) is 0 Å². The number of carbonyl (C=O) groups is 1. The number of anilines is 1. The fourth-order valence-corrected chi connectivity index (χ4v) is 4.87. The monoisotopic (exact) mass is 578 g/mol. The molecule has 13 heteroatoms. The van der Waals surface area contributed by atoms with E-state index in [0.717, 1.165) is 27.7 Å². The van der Waals surface area contributed by atoms with E-state index in [4.69, 9.17) is 0 Å². The topological polar surface area (TPSA) is 148 Å². The number of nitrogens with one attached hydrogen (secondary N) is 3. The van der Waals surface area contributed by atoms with Crippen LogP contribution in [0.3, 0.4) is 0 Å². The van der Waals surface area contributed by atoms with Gasteiger partial charge in [-0.2, -0.15) is 5.21 Å². The second kappa shape index (κ2) is 11.4. The van der Waals surface area contributed by atoms with Gasteiger partial charge in [0.2, 0.25) is 11.7 Å². The molecule has 0 unspecified atom stereocenters. The van der Waals surface area contributed by atoms with E-state index in [0.29, 0.717) is 22.6 Å². The third-order valence-electron chi connectivity index (χ3n) is 7.25. The number of hydrogen-bond donors (Lipinski definition) is 3. The van der Waals surface area contributed by atoms with E-state index in [1.165, 1.54) is 16.7 Å². The Balaban J connectivity index is 1.44. The molecule has 12 nitrogen and oxygen atoms in total. The Bertz CT molecular complexity index is 2020. The van der Waals surface area contributed by atoms with Crippen molar-refractivity contribution < 1.29 is 9.18 Å². The average Bonchev–Trinajstić information content (AvgIpc) is 3.67. The lowest BCUT2D eigenvalue weighted by Gasteiger charge is -2.17. The van der Waals surface area contributed by atoms with Gasteiger partial charge in [-0.15, -0.1) is 10.2 Å². The molecule has 0 saturated heterocycles. The normalized spacial score (nSPS) is 12.0. The van der Waals surface area contributed by atoms with Crippen molar-refractivity contribution >= 4 is 22.6 Å². The summed E-state index contributed by atoms with van der Waals surface area (Å²) < 4.78 is 17.4. The third-order valence-corrected chi connectivity index (χ3v) is 7.25. The maximum absolute atomic E-state index is 13.9. The maximum Gasteiger partial charge on any atom is 0.294 e. The van der Waals surface area contributed by atoms with Gasteiger partial charge in [0.1, 0.15) is 5.82 Å². The van der Waals surface area contributed by atoms with Crippen LogP contribution in [-0.4, -0.2) is 58.7 Å². The fraction of sp³-hybridized carbons (Fsp3) is 0.167. The van der Waals surface area contributed by atoms with Crippen molar-refractivity contribution in [2.75, 3.05) is 12.4 Å². The quantitative estimate of drug-likeness (QED) is 0.249. The molecule has 0 aliphatic heterocycles. The number of tetrazole rings is 1. The van der Waals surface area contributed by atoms with Gasteiger partial charge in [-0.1, -0.05) is 18.2 Å². The summed E-state index contributed by atoms with van der Waals surface area (Å²) in [6.45, 7) is 3.73. The number of carbonyl (C=O) groups excluding carboxylic acids is 1. The highest BCUT2D eigenvalue weighted by Crippen LogP contribution is 2.27. The zero-order chi connectivity index (χ0) is 30.1. The molecule has 4 heterocycles. The summed E-state index contributed by atoms with van der Waals surface area (Å²) in [6, 6.07) is 13.4. The lowest BCUT2D eigenvalue weighted by atomic mass is 10.1. The van der Waals surface area contributed by atoms with Crippen molar-refractivity contribution in [1.29, 1.82) is 0 Å². The van der Waals surface area contributed by atoms with Crippen LogP contribution in [0.25, 0.3) is 39.2 Å². The van der Waals surface area contributed by atoms with E-state index < -0.39 is 11.6 Å². The number of halogens is 1. The Morgan fingerprint density at radius 3 is 2.72 bits per heavy atom. The van der Waals surface area contributed by atoms with Crippen LogP contribution in [0.15, 0.2) is 78.1 Å². The van der Waals surface area contributed by atoms with Crippen LogP contribution in [0.4, 0.5) is 10.2 Å². The van der Waals surface area contributed by atoms with Crippen LogP contribution in [0.1, 0.15) is 18.1 Å². The molecule has 0 radical (unpaired) electrons. The highest BCUT2D eigenvalue weighted by atomic mass is 19.1. The van der Waals surface area contributed by atoms with Crippen molar-refractivity contribution in [3.63, 3.8) is 0 Å². The number of benzene rings is 2. The van der Waals surface area contributed by atoms with E-state index in [1.54, 1.807) is 38.6 Å². The molecule has 0 aliphatic carbocycles. The van der Waals surface area contributed by atoms with Crippen molar-refractivity contribution in [3.05, 3.63) is 101 Å². The number of aromatic nitrogens is 8. The summed E-state index contributed by atoms with van der Waals surface area (Å²) in [4.78, 5) is 35.2. The number of H-pyrrole nitrogens is 1.